The molecular weight excluding hydrogens is 285 g/mol. The zero-order chi connectivity index (χ0) is 13.2. The molecule has 1 aromatic carbocycles. The molecule has 0 aliphatic carbocycles. The Kier molecular flexibility index (Phi) is 4.55. The normalized spacial score (nSPS) is 15.5. The van der Waals surface area contributed by atoms with Gasteiger partial charge in [-0.2, -0.15) is 0 Å². The second-order valence-corrected chi connectivity index (χ2v) is 6.19. The molecule has 2 N–H and O–H groups in total. The first-order valence-electron chi connectivity index (χ1n) is 5.59. The fourth-order valence-electron chi connectivity index (χ4n) is 1.77. The number of ether oxygens (including phenoxy) is 1. The van der Waals surface area contributed by atoms with Gasteiger partial charge in [0.1, 0.15) is 17.7 Å². The Bertz CT molecular complexity index is 387. The highest BCUT2D eigenvalue weighted by molar-refractivity contribution is 9.10. The average molecular weight is 304 g/mol. The zero-order valence-electron chi connectivity index (χ0n) is 10.6. The molecule has 2 nitrogen and oxygen atoms in total. The maximum absolute atomic E-state index is 13.4. The van der Waals surface area contributed by atoms with Crippen molar-refractivity contribution in [1.29, 1.82) is 0 Å². The van der Waals surface area contributed by atoms with Crippen LogP contribution in [0.15, 0.2) is 22.7 Å². The molecule has 2 atom stereocenters. The van der Waals surface area contributed by atoms with Gasteiger partial charge in [-0.3, -0.25) is 0 Å². The van der Waals surface area contributed by atoms with Gasteiger partial charge in [-0.15, -0.1) is 0 Å². The van der Waals surface area contributed by atoms with Crippen LogP contribution >= 0.6 is 15.9 Å². The van der Waals surface area contributed by atoms with E-state index in [0.29, 0.717) is 10.2 Å². The lowest BCUT2D eigenvalue weighted by Gasteiger charge is -2.34. The quantitative estimate of drug-likeness (QED) is 0.923. The van der Waals surface area contributed by atoms with Gasteiger partial charge >= 0.3 is 0 Å². The average Bonchev–Trinajstić information content (AvgIpc) is 2.17. The van der Waals surface area contributed by atoms with Crippen LogP contribution in [0, 0.1) is 11.2 Å². The van der Waals surface area contributed by atoms with Crippen molar-refractivity contribution < 1.29 is 9.13 Å². The molecule has 0 bridgehead atoms. The highest BCUT2D eigenvalue weighted by atomic mass is 79.9. The van der Waals surface area contributed by atoms with Gasteiger partial charge in [0.15, 0.2) is 0 Å². The van der Waals surface area contributed by atoms with Crippen molar-refractivity contribution in [3.05, 3.63) is 28.5 Å². The number of halogens is 2. The van der Waals surface area contributed by atoms with E-state index in [-0.39, 0.29) is 23.4 Å². The van der Waals surface area contributed by atoms with Crippen molar-refractivity contribution in [3.63, 3.8) is 0 Å². The molecule has 0 saturated heterocycles. The van der Waals surface area contributed by atoms with Crippen molar-refractivity contribution in [2.45, 2.75) is 39.8 Å². The first kappa shape index (κ1) is 14.5. The summed E-state index contributed by atoms with van der Waals surface area (Å²) < 4.78 is 19.6. The first-order valence-corrected chi connectivity index (χ1v) is 6.38. The summed E-state index contributed by atoms with van der Waals surface area (Å²) in [4.78, 5) is 0. The van der Waals surface area contributed by atoms with Crippen molar-refractivity contribution in [2.75, 3.05) is 0 Å². The van der Waals surface area contributed by atoms with Crippen LogP contribution in [0.4, 0.5) is 4.39 Å². The maximum Gasteiger partial charge on any atom is 0.141 e. The fraction of sp³-hybridized carbons (Fsp3) is 0.538. The van der Waals surface area contributed by atoms with Crippen LogP contribution in [0.1, 0.15) is 27.7 Å². The van der Waals surface area contributed by atoms with Crippen LogP contribution in [-0.2, 0) is 0 Å². The minimum atomic E-state index is -0.333. The first-order chi connectivity index (χ1) is 7.71. The zero-order valence-corrected chi connectivity index (χ0v) is 12.2. The number of benzene rings is 1. The predicted molar refractivity (Wildman–Crippen MR) is 71.6 cm³/mol. The van der Waals surface area contributed by atoms with Crippen LogP contribution in [-0.4, -0.2) is 12.1 Å². The summed E-state index contributed by atoms with van der Waals surface area (Å²) in [7, 11) is 0. The van der Waals surface area contributed by atoms with Gasteiger partial charge in [0.05, 0.1) is 4.47 Å². The topological polar surface area (TPSA) is 35.2 Å². The van der Waals surface area contributed by atoms with Gasteiger partial charge in [0.25, 0.3) is 0 Å². The lowest BCUT2D eigenvalue weighted by atomic mass is 9.85. The summed E-state index contributed by atoms with van der Waals surface area (Å²) in [6.07, 6.45) is -0.164. The number of hydrogen-bond donors (Lipinski definition) is 1. The van der Waals surface area contributed by atoms with E-state index < -0.39 is 0 Å². The minimum Gasteiger partial charge on any atom is -0.488 e. The van der Waals surface area contributed by atoms with E-state index in [1.807, 2.05) is 6.92 Å². The van der Waals surface area contributed by atoms with E-state index in [2.05, 4.69) is 36.7 Å². The van der Waals surface area contributed by atoms with E-state index in [1.54, 1.807) is 12.1 Å². The van der Waals surface area contributed by atoms with Gasteiger partial charge in [-0.25, -0.2) is 4.39 Å². The summed E-state index contributed by atoms with van der Waals surface area (Å²) in [5.74, 6) is 0.169. The second-order valence-electron chi connectivity index (χ2n) is 5.34. The molecule has 0 spiro atoms. The van der Waals surface area contributed by atoms with Gasteiger partial charge in [0, 0.05) is 17.5 Å². The molecule has 1 rings (SSSR count). The maximum atomic E-state index is 13.4. The molecule has 0 aromatic heterocycles. The third-order valence-corrected chi connectivity index (χ3v) is 3.13. The van der Waals surface area contributed by atoms with E-state index in [4.69, 9.17) is 10.5 Å². The molecule has 0 aliphatic heterocycles. The standard InChI is InChI=1S/C13H19BrFNO/c1-8(16)12(13(2,3)4)17-9-5-6-10(14)11(15)7-9/h5-8,12H,16H2,1-4H3. The molecule has 0 saturated carbocycles. The van der Waals surface area contributed by atoms with E-state index in [0.717, 1.165) is 0 Å². The van der Waals surface area contributed by atoms with Crippen LogP contribution in [0.5, 0.6) is 5.75 Å². The van der Waals surface area contributed by atoms with Crippen LogP contribution < -0.4 is 10.5 Å². The Labute approximate surface area is 110 Å². The summed E-state index contributed by atoms with van der Waals surface area (Å²) in [5, 5.41) is 0. The minimum absolute atomic E-state index is 0.0995. The summed E-state index contributed by atoms with van der Waals surface area (Å²) in [5.41, 5.74) is 5.81. The van der Waals surface area contributed by atoms with Gasteiger partial charge in [-0.1, -0.05) is 20.8 Å². The Morgan fingerprint density at radius 2 is 1.94 bits per heavy atom. The molecule has 17 heavy (non-hydrogen) atoms. The summed E-state index contributed by atoms with van der Waals surface area (Å²) in [6, 6.07) is 4.60. The third kappa shape index (κ3) is 3.96. The lowest BCUT2D eigenvalue weighted by Crippen LogP contribution is -2.45. The molecule has 2 unspecified atom stereocenters. The SMILES string of the molecule is CC(N)C(Oc1ccc(Br)c(F)c1)C(C)(C)C. The van der Waals surface area contributed by atoms with Crippen LogP contribution in [0.2, 0.25) is 0 Å². The third-order valence-electron chi connectivity index (χ3n) is 2.49. The lowest BCUT2D eigenvalue weighted by molar-refractivity contribution is 0.0681. The number of rotatable bonds is 3. The summed E-state index contributed by atoms with van der Waals surface area (Å²) in [6.45, 7) is 8.05. The number of hydrogen-bond acceptors (Lipinski definition) is 2. The molecule has 0 aliphatic rings. The molecule has 4 heteroatoms. The number of nitrogens with two attached hydrogens (primary N) is 1. The highest BCUT2D eigenvalue weighted by Gasteiger charge is 2.30. The molecule has 96 valence electrons. The predicted octanol–water partition coefficient (Wildman–Crippen LogP) is 3.73. The molecule has 0 radical (unpaired) electrons. The fourth-order valence-corrected chi connectivity index (χ4v) is 2.02. The molecule has 1 aromatic rings. The van der Waals surface area contributed by atoms with Crippen molar-refractivity contribution in [3.8, 4) is 5.75 Å². The van der Waals surface area contributed by atoms with E-state index >= 15 is 0 Å². The smallest absolute Gasteiger partial charge is 0.141 e. The van der Waals surface area contributed by atoms with Crippen molar-refractivity contribution in [1.82, 2.24) is 0 Å². The molecular formula is C13H19BrFNO. The van der Waals surface area contributed by atoms with Crippen molar-refractivity contribution >= 4 is 15.9 Å². The summed E-state index contributed by atoms with van der Waals surface area (Å²) >= 11 is 3.11. The monoisotopic (exact) mass is 303 g/mol. The van der Waals surface area contributed by atoms with E-state index in [1.165, 1.54) is 6.07 Å². The Balaban J connectivity index is 2.91. The Morgan fingerprint density at radius 3 is 2.35 bits per heavy atom. The van der Waals surface area contributed by atoms with Crippen LogP contribution in [0.25, 0.3) is 0 Å². The van der Waals surface area contributed by atoms with E-state index in [9.17, 15) is 4.39 Å². The molecule has 0 amide bonds. The van der Waals surface area contributed by atoms with Crippen LogP contribution in [0.3, 0.4) is 0 Å². The highest BCUT2D eigenvalue weighted by Crippen LogP contribution is 2.28. The van der Waals surface area contributed by atoms with Gasteiger partial charge in [0.2, 0.25) is 0 Å². The Morgan fingerprint density at radius 1 is 1.35 bits per heavy atom. The Hall–Kier alpha value is -0.610. The van der Waals surface area contributed by atoms with Crippen molar-refractivity contribution in [2.24, 2.45) is 11.1 Å². The molecule has 0 heterocycles. The largest absolute Gasteiger partial charge is 0.488 e. The second kappa shape index (κ2) is 5.36. The molecule has 0 fully saturated rings. The van der Waals surface area contributed by atoms with Gasteiger partial charge < -0.3 is 10.5 Å². The van der Waals surface area contributed by atoms with Gasteiger partial charge in [-0.05, 0) is 35.0 Å².